The maximum absolute atomic E-state index is 10.6. The van der Waals surface area contributed by atoms with Gasteiger partial charge in [0.15, 0.2) is 0 Å². The molecule has 2 rings (SSSR count). The number of rotatable bonds is 0. The van der Waals surface area contributed by atoms with Crippen LogP contribution in [0.5, 0.6) is 0 Å². The first kappa shape index (κ1) is 5.28. The smallest absolute Gasteiger partial charge is 0.282 e. The molecule has 0 aromatic carbocycles. The first-order chi connectivity index (χ1) is 4.86. The summed E-state index contributed by atoms with van der Waals surface area (Å²) in [6, 6.07) is 2.43. The van der Waals surface area contributed by atoms with Crippen molar-refractivity contribution in [1.29, 1.82) is 0 Å². The van der Waals surface area contributed by atoms with Crippen molar-refractivity contribution < 1.29 is 0 Å². The molecule has 0 fully saturated rings. The molecular formula is C5H5N4O. The Morgan fingerprint density at radius 2 is 2.70 bits per heavy atom. The molecule has 2 N–H and O–H groups in total. The average Bonchev–Trinajstić information content (AvgIpc) is 2.33. The van der Waals surface area contributed by atoms with Gasteiger partial charge in [-0.05, 0) is 0 Å². The van der Waals surface area contributed by atoms with Crippen LogP contribution in [0, 0.1) is 6.07 Å². The molecule has 10 heavy (non-hydrogen) atoms. The van der Waals surface area contributed by atoms with Gasteiger partial charge in [0.25, 0.3) is 5.56 Å². The van der Waals surface area contributed by atoms with Crippen LogP contribution in [-0.2, 0) is 0 Å². The van der Waals surface area contributed by atoms with E-state index in [9.17, 15) is 4.79 Å². The molecule has 0 bridgehead atoms. The molecule has 0 saturated carbocycles. The summed E-state index contributed by atoms with van der Waals surface area (Å²) in [5.41, 5.74) is 2.56. The summed E-state index contributed by atoms with van der Waals surface area (Å²) in [6.07, 6.45) is 1.52. The molecule has 0 unspecified atom stereocenters. The Morgan fingerprint density at radius 3 is 3.60 bits per heavy atom. The molecule has 1 aromatic heterocycles. The van der Waals surface area contributed by atoms with E-state index in [0.29, 0.717) is 12.6 Å². The third-order valence-corrected chi connectivity index (χ3v) is 1.25. The summed E-state index contributed by atoms with van der Waals surface area (Å²) >= 11 is 0. The Labute approximate surface area is 56.7 Å². The van der Waals surface area contributed by atoms with E-state index in [-0.39, 0.29) is 5.56 Å². The molecule has 0 aliphatic carbocycles. The zero-order valence-corrected chi connectivity index (χ0v) is 5.09. The lowest BCUT2D eigenvalue weighted by Gasteiger charge is -1.96. The molecule has 5 heteroatoms. The van der Waals surface area contributed by atoms with E-state index < -0.39 is 0 Å². The van der Waals surface area contributed by atoms with Crippen LogP contribution in [0.1, 0.15) is 0 Å². The summed E-state index contributed by atoms with van der Waals surface area (Å²) in [5, 5.41) is 2.86. The van der Waals surface area contributed by atoms with Crippen LogP contribution in [0.15, 0.2) is 11.0 Å². The molecule has 0 atom stereocenters. The number of nitrogens with zero attached hydrogens (tertiary/aromatic N) is 2. The van der Waals surface area contributed by atoms with Gasteiger partial charge in [-0.2, -0.15) is 4.98 Å². The fourth-order valence-electron chi connectivity index (χ4n) is 0.812. The van der Waals surface area contributed by atoms with Gasteiger partial charge in [0.05, 0.1) is 6.07 Å². The zero-order chi connectivity index (χ0) is 6.97. The molecule has 1 aliphatic rings. The number of fused-ring (bicyclic) bond motifs is 1. The minimum atomic E-state index is -0.345. The second-order valence-electron chi connectivity index (χ2n) is 1.90. The second kappa shape index (κ2) is 1.73. The van der Waals surface area contributed by atoms with Gasteiger partial charge < -0.3 is 10.7 Å². The summed E-state index contributed by atoms with van der Waals surface area (Å²) in [4.78, 5) is 14.2. The van der Waals surface area contributed by atoms with E-state index in [1.807, 2.05) is 0 Å². The fourth-order valence-corrected chi connectivity index (χ4v) is 0.812. The highest BCUT2D eigenvalue weighted by Crippen LogP contribution is 2.00. The summed E-state index contributed by atoms with van der Waals surface area (Å²) in [7, 11) is 0. The van der Waals surface area contributed by atoms with Gasteiger partial charge in [-0.25, -0.2) is 4.68 Å². The van der Waals surface area contributed by atoms with E-state index in [1.54, 1.807) is 4.68 Å². The lowest BCUT2D eigenvalue weighted by molar-refractivity contribution is 0.919. The second-order valence-corrected chi connectivity index (χ2v) is 1.90. The standard InChI is InChI=1S/C5H5N4O/c10-4-1-2-9-5(8-4)6-3-7-9/h2,7H,3H2,(H,6,8,10). The van der Waals surface area contributed by atoms with Crippen LogP contribution in [-0.4, -0.2) is 16.3 Å². The maximum atomic E-state index is 10.6. The highest BCUT2D eigenvalue weighted by atomic mass is 16.1. The van der Waals surface area contributed by atoms with Gasteiger partial charge in [0.1, 0.15) is 6.67 Å². The van der Waals surface area contributed by atoms with Crippen LogP contribution < -0.4 is 16.3 Å². The first-order valence-corrected chi connectivity index (χ1v) is 2.85. The van der Waals surface area contributed by atoms with Crippen molar-refractivity contribution in [2.45, 2.75) is 0 Å². The topological polar surface area (TPSA) is 59.0 Å². The molecule has 51 valence electrons. The van der Waals surface area contributed by atoms with Crippen molar-refractivity contribution in [3.63, 3.8) is 0 Å². The fraction of sp³-hybridized carbons (Fsp3) is 0.200. The van der Waals surface area contributed by atoms with Crippen molar-refractivity contribution in [3.05, 3.63) is 22.6 Å². The van der Waals surface area contributed by atoms with Crippen LogP contribution in [0.2, 0.25) is 0 Å². The van der Waals surface area contributed by atoms with E-state index in [0.717, 1.165) is 0 Å². The van der Waals surface area contributed by atoms with Crippen molar-refractivity contribution >= 4 is 5.95 Å². The predicted molar refractivity (Wildman–Crippen MR) is 35.2 cm³/mol. The third-order valence-electron chi connectivity index (χ3n) is 1.25. The Hall–Kier alpha value is -1.52. The van der Waals surface area contributed by atoms with Gasteiger partial charge in [-0.3, -0.25) is 4.79 Å². The highest BCUT2D eigenvalue weighted by molar-refractivity contribution is 5.30. The third kappa shape index (κ3) is 0.637. The van der Waals surface area contributed by atoms with Gasteiger partial charge in [0, 0.05) is 6.20 Å². The molecule has 0 amide bonds. The molecule has 5 nitrogen and oxygen atoms in total. The van der Waals surface area contributed by atoms with E-state index >= 15 is 0 Å². The van der Waals surface area contributed by atoms with Gasteiger partial charge in [-0.1, -0.05) is 0 Å². The minimum absolute atomic E-state index is 0.345. The normalized spacial score (nSPS) is 13.6. The minimum Gasteiger partial charge on any atom is -0.336 e. The van der Waals surface area contributed by atoms with Crippen molar-refractivity contribution in [3.8, 4) is 0 Å². The monoisotopic (exact) mass is 137 g/mol. The number of hydrogen-bond acceptors (Lipinski definition) is 4. The van der Waals surface area contributed by atoms with Crippen molar-refractivity contribution in [1.82, 2.24) is 9.66 Å². The quantitative estimate of drug-likeness (QED) is 0.480. The molecule has 1 radical (unpaired) electrons. The number of nitrogens with one attached hydrogen (secondary N) is 2. The zero-order valence-electron chi connectivity index (χ0n) is 5.09. The van der Waals surface area contributed by atoms with Gasteiger partial charge in [-0.15, -0.1) is 0 Å². The highest BCUT2D eigenvalue weighted by Gasteiger charge is 2.06. The molecule has 2 heterocycles. The summed E-state index contributed by atoms with van der Waals surface area (Å²) < 4.78 is 1.61. The van der Waals surface area contributed by atoms with Gasteiger partial charge in [0.2, 0.25) is 5.95 Å². The Balaban J connectivity index is 2.63. The SMILES string of the molecule is O=c1[c]cn2c(n1)NCN2. The van der Waals surface area contributed by atoms with Crippen molar-refractivity contribution in [2.75, 3.05) is 17.4 Å². The van der Waals surface area contributed by atoms with E-state index in [2.05, 4.69) is 21.8 Å². The largest absolute Gasteiger partial charge is 0.336 e. The molecule has 0 spiro atoms. The molecule has 0 saturated heterocycles. The molecule has 1 aliphatic heterocycles. The Morgan fingerprint density at radius 1 is 1.80 bits per heavy atom. The van der Waals surface area contributed by atoms with Gasteiger partial charge >= 0.3 is 0 Å². The summed E-state index contributed by atoms with van der Waals surface area (Å²) in [6.45, 7) is 0.601. The van der Waals surface area contributed by atoms with E-state index in [4.69, 9.17) is 0 Å². The molecule has 1 aromatic rings. The number of aromatic nitrogens is 2. The predicted octanol–water partition coefficient (Wildman–Crippen LogP) is -1.03. The van der Waals surface area contributed by atoms with Crippen LogP contribution >= 0.6 is 0 Å². The van der Waals surface area contributed by atoms with E-state index in [1.165, 1.54) is 6.20 Å². The average molecular weight is 137 g/mol. The van der Waals surface area contributed by atoms with Crippen molar-refractivity contribution in [2.24, 2.45) is 0 Å². The number of anilines is 1. The Bertz CT molecular complexity index is 305. The number of hydrogen-bond donors (Lipinski definition) is 2. The first-order valence-electron chi connectivity index (χ1n) is 2.85. The lowest BCUT2D eigenvalue weighted by Crippen LogP contribution is -2.12. The van der Waals surface area contributed by atoms with Crippen LogP contribution in [0.4, 0.5) is 5.95 Å². The Kier molecular flexibility index (Phi) is 0.913. The lowest BCUT2D eigenvalue weighted by atomic mass is 10.6. The maximum Gasteiger partial charge on any atom is 0.282 e. The summed E-state index contributed by atoms with van der Waals surface area (Å²) in [5.74, 6) is 0.545. The van der Waals surface area contributed by atoms with Crippen LogP contribution in [0.3, 0.4) is 0 Å². The molecular weight excluding hydrogens is 132 g/mol. The van der Waals surface area contributed by atoms with Crippen LogP contribution in [0.25, 0.3) is 0 Å².